The molecule has 0 aromatic heterocycles. The van der Waals surface area contributed by atoms with Gasteiger partial charge in [0.25, 0.3) is 0 Å². The zero-order chi connectivity index (χ0) is 8.97. The molecule has 0 bridgehead atoms. The average Bonchev–Trinajstić information content (AvgIpc) is 2.09. The number of aliphatic imine (C=N–C) groups is 1. The van der Waals surface area contributed by atoms with Gasteiger partial charge in [-0.3, -0.25) is 4.99 Å². The molecule has 1 aliphatic rings. The first-order valence-corrected chi connectivity index (χ1v) is 3.75. The van der Waals surface area contributed by atoms with Crippen LogP contribution in [0.1, 0.15) is 0 Å². The summed E-state index contributed by atoms with van der Waals surface area (Å²) in [5.74, 6) is 0. The molecule has 0 spiro atoms. The molecule has 0 aromatic rings. The molecule has 0 saturated carbocycles. The molecule has 0 aliphatic carbocycles. The maximum atomic E-state index is 5.48. The van der Waals surface area contributed by atoms with Crippen LogP contribution in [0.15, 0.2) is 40.8 Å². The lowest BCUT2D eigenvalue weighted by Gasteiger charge is -2.19. The summed E-state index contributed by atoms with van der Waals surface area (Å²) >= 11 is 0. The molecule has 64 valence electrons. The van der Waals surface area contributed by atoms with Gasteiger partial charge in [-0.15, -0.1) is 0 Å². The summed E-state index contributed by atoms with van der Waals surface area (Å²) in [6.07, 6.45) is 7.64. The molecular formula is C9H13N3. The van der Waals surface area contributed by atoms with E-state index >= 15 is 0 Å². The molecule has 1 heterocycles. The minimum Gasteiger partial charge on any atom is -0.349 e. The van der Waals surface area contributed by atoms with Crippen LogP contribution in [0.4, 0.5) is 0 Å². The summed E-state index contributed by atoms with van der Waals surface area (Å²) in [6.45, 7) is 3.96. The van der Waals surface area contributed by atoms with Gasteiger partial charge in [0.05, 0.1) is 5.70 Å². The lowest BCUT2D eigenvalue weighted by Crippen LogP contribution is -2.15. The normalized spacial score (nSPS) is 19.7. The zero-order valence-electron chi connectivity index (χ0n) is 7.20. The van der Waals surface area contributed by atoms with E-state index < -0.39 is 0 Å². The second kappa shape index (κ2) is 3.88. The van der Waals surface area contributed by atoms with Crippen LogP contribution >= 0.6 is 0 Å². The second-order valence-corrected chi connectivity index (χ2v) is 2.59. The van der Waals surface area contributed by atoms with E-state index in [9.17, 15) is 0 Å². The van der Waals surface area contributed by atoms with Crippen LogP contribution in [0.2, 0.25) is 0 Å². The summed E-state index contributed by atoms with van der Waals surface area (Å²) in [5, 5.41) is 0. The Morgan fingerprint density at radius 3 is 2.92 bits per heavy atom. The molecule has 0 unspecified atom stereocenters. The highest BCUT2D eigenvalue weighted by atomic mass is 15.1. The van der Waals surface area contributed by atoms with Gasteiger partial charge in [0, 0.05) is 26.0 Å². The first-order valence-electron chi connectivity index (χ1n) is 3.75. The predicted octanol–water partition coefficient (Wildman–Crippen LogP) is 0.873. The van der Waals surface area contributed by atoms with Gasteiger partial charge in [-0.1, -0.05) is 6.08 Å². The Kier molecular flexibility index (Phi) is 2.82. The van der Waals surface area contributed by atoms with E-state index in [1.807, 2.05) is 30.3 Å². The molecule has 2 N–H and O–H groups in total. The molecule has 0 fully saturated rings. The zero-order valence-corrected chi connectivity index (χ0v) is 7.20. The standard InChI is InChI=1S/C9H13N3/c1-11-6-9-4-3-8(5-10)7-12(9)2/h3-4,6-7H,1,5,10H2,2H3/b9-6-. The van der Waals surface area contributed by atoms with Crippen molar-refractivity contribution in [2.45, 2.75) is 0 Å². The fourth-order valence-corrected chi connectivity index (χ4v) is 1.02. The lowest BCUT2D eigenvalue weighted by atomic mass is 10.2. The van der Waals surface area contributed by atoms with Gasteiger partial charge in [-0.25, -0.2) is 0 Å². The first-order chi connectivity index (χ1) is 5.77. The van der Waals surface area contributed by atoms with Crippen LogP contribution in [0.25, 0.3) is 0 Å². The Labute approximate surface area is 72.6 Å². The number of hydrogen-bond acceptors (Lipinski definition) is 3. The van der Waals surface area contributed by atoms with Crippen LogP contribution in [0, 0.1) is 0 Å². The van der Waals surface area contributed by atoms with E-state index in [0.29, 0.717) is 6.54 Å². The van der Waals surface area contributed by atoms with Crippen molar-refractivity contribution >= 4 is 6.72 Å². The first kappa shape index (κ1) is 8.74. The van der Waals surface area contributed by atoms with Crippen molar-refractivity contribution in [3.8, 4) is 0 Å². The third-order valence-electron chi connectivity index (χ3n) is 1.69. The molecular weight excluding hydrogens is 150 g/mol. The number of nitrogens with two attached hydrogens (primary N) is 1. The SMILES string of the molecule is C=N/C=C1/C=CC(CN)=CN1C. The number of hydrogen-bond donors (Lipinski definition) is 1. The van der Waals surface area contributed by atoms with Gasteiger partial charge >= 0.3 is 0 Å². The highest BCUT2D eigenvalue weighted by Gasteiger charge is 2.03. The summed E-state index contributed by atoms with van der Waals surface area (Å²) in [7, 11) is 1.95. The van der Waals surface area contributed by atoms with Gasteiger partial charge < -0.3 is 10.6 Å². The van der Waals surface area contributed by atoms with Crippen LogP contribution in [0.5, 0.6) is 0 Å². The summed E-state index contributed by atoms with van der Waals surface area (Å²) < 4.78 is 0. The van der Waals surface area contributed by atoms with E-state index in [-0.39, 0.29) is 0 Å². The van der Waals surface area contributed by atoms with Gasteiger partial charge in [0.15, 0.2) is 0 Å². The van der Waals surface area contributed by atoms with Gasteiger partial charge in [-0.05, 0) is 18.4 Å². The van der Waals surface area contributed by atoms with Crippen molar-refractivity contribution in [2.75, 3.05) is 13.6 Å². The maximum Gasteiger partial charge on any atom is 0.0589 e. The molecule has 0 aromatic carbocycles. The predicted molar refractivity (Wildman–Crippen MR) is 51.7 cm³/mol. The van der Waals surface area contributed by atoms with Crippen molar-refractivity contribution in [1.29, 1.82) is 0 Å². The van der Waals surface area contributed by atoms with Crippen LogP contribution in [-0.2, 0) is 0 Å². The Morgan fingerprint density at radius 2 is 2.42 bits per heavy atom. The molecule has 1 aliphatic heterocycles. The third-order valence-corrected chi connectivity index (χ3v) is 1.69. The molecule has 3 nitrogen and oxygen atoms in total. The van der Waals surface area contributed by atoms with Crippen LogP contribution < -0.4 is 5.73 Å². The molecule has 0 atom stereocenters. The minimum absolute atomic E-state index is 0.565. The summed E-state index contributed by atoms with van der Waals surface area (Å²) in [6, 6.07) is 0. The van der Waals surface area contributed by atoms with E-state index in [0.717, 1.165) is 11.3 Å². The fourth-order valence-electron chi connectivity index (χ4n) is 1.02. The van der Waals surface area contributed by atoms with Crippen molar-refractivity contribution < 1.29 is 0 Å². The van der Waals surface area contributed by atoms with Gasteiger partial charge in [-0.2, -0.15) is 0 Å². The minimum atomic E-state index is 0.565. The molecule has 12 heavy (non-hydrogen) atoms. The molecule has 1 rings (SSSR count). The van der Waals surface area contributed by atoms with Gasteiger partial charge in [0.1, 0.15) is 0 Å². The van der Waals surface area contributed by atoms with Crippen molar-refractivity contribution in [3.63, 3.8) is 0 Å². The van der Waals surface area contributed by atoms with E-state index in [1.165, 1.54) is 0 Å². The maximum absolute atomic E-state index is 5.48. The Morgan fingerprint density at radius 1 is 1.67 bits per heavy atom. The van der Waals surface area contributed by atoms with E-state index in [1.54, 1.807) is 6.20 Å². The van der Waals surface area contributed by atoms with E-state index in [2.05, 4.69) is 11.7 Å². The second-order valence-electron chi connectivity index (χ2n) is 2.59. The van der Waals surface area contributed by atoms with Crippen molar-refractivity contribution in [3.05, 3.63) is 35.8 Å². The number of allylic oxidation sites excluding steroid dienone is 1. The fraction of sp³-hybridized carbons (Fsp3) is 0.222. The Hall–Kier alpha value is -1.35. The Bertz CT molecular complexity index is 261. The van der Waals surface area contributed by atoms with E-state index in [4.69, 9.17) is 5.73 Å². The number of nitrogens with zero attached hydrogens (tertiary/aromatic N) is 2. The monoisotopic (exact) mass is 163 g/mol. The Balaban J connectivity index is 2.81. The van der Waals surface area contributed by atoms with Crippen molar-refractivity contribution in [2.24, 2.45) is 10.7 Å². The highest BCUT2D eigenvalue weighted by Crippen LogP contribution is 2.13. The van der Waals surface area contributed by atoms with Crippen LogP contribution in [-0.4, -0.2) is 25.2 Å². The largest absolute Gasteiger partial charge is 0.349 e. The molecule has 0 saturated heterocycles. The van der Waals surface area contributed by atoms with Gasteiger partial charge in [0.2, 0.25) is 0 Å². The summed E-state index contributed by atoms with van der Waals surface area (Å²) in [4.78, 5) is 5.66. The average molecular weight is 163 g/mol. The molecule has 3 heteroatoms. The number of rotatable bonds is 2. The third kappa shape index (κ3) is 1.83. The smallest absolute Gasteiger partial charge is 0.0589 e. The quantitative estimate of drug-likeness (QED) is 0.614. The lowest BCUT2D eigenvalue weighted by molar-refractivity contribution is 0.575. The van der Waals surface area contributed by atoms with Crippen LogP contribution in [0.3, 0.4) is 0 Å². The molecule has 0 amide bonds. The topological polar surface area (TPSA) is 41.6 Å². The van der Waals surface area contributed by atoms with Crippen molar-refractivity contribution in [1.82, 2.24) is 4.90 Å². The molecule has 0 radical (unpaired) electrons. The highest BCUT2D eigenvalue weighted by molar-refractivity contribution is 5.35. The summed E-state index contributed by atoms with van der Waals surface area (Å²) in [5.41, 5.74) is 7.61. The number of likely N-dealkylation sites (N-methyl/N-ethyl adjacent to an activating group) is 1.